The maximum Gasteiger partial charge on any atom is 0.00916 e. The summed E-state index contributed by atoms with van der Waals surface area (Å²) >= 11 is 0. The highest BCUT2D eigenvalue weighted by molar-refractivity contribution is 4.98. The molecule has 0 aliphatic heterocycles. The molecular formula is C13H22. The van der Waals surface area contributed by atoms with Gasteiger partial charge in [0.15, 0.2) is 0 Å². The third kappa shape index (κ3) is 11.3. The van der Waals surface area contributed by atoms with Gasteiger partial charge in [-0.05, 0) is 19.3 Å². The fourth-order valence-electron chi connectivity index (χ4n) is 1.15. The molecule has 0 aromatic heterocycles. The largest absolute Gasteiger partial charge is 0.103 e. The Bertz CT molecular complexity index is 157. The minimum Gasteiger partial charge on any atom is -0.103 e. The monoisotopic (exact) mass is 178 g/mol. The third-order valence-electron chi connectivity index (χ3n) is 1.99. The minimum atomic E-state index is 1.04. The normalized spacial score (nSPS) is 9.00. The molecule has 0 aromatic carbocycles. The summed E-state index contributed by atoms with van der Waals surface area (Å²) in [4.78, 5) is 0. The molecule has 0 aliphatic rings. The Morgan fingerprint density at radius 1 is 1.00 bits per heavy atom. The first-order valence-electron chi connectivity index (χ1n) is 5.48. The molecule has 0 aromatic rings. The molecule has 74 valence electrons. The van der Waals surface area contributed by atoms with E-state index in [1.165, 1.54) is 32.1 Å². The Kier molecular flexibility index (Phi) is 10.7. The van der Waals surface area contributed by atoms with Crippen molar-refractivity contribution in [1.82, 2.24) is 0 Å². The molecule has 0 N–H and O–H groups in total. The predicted octanol–water partition coefficient (Wildman–Crippen LogP) is 4.32. The van der Waals surface area contributed by atoms with Gasteiger partial charge in [-0.3, -0.25) is 0 Å². The van der Waals surface area contributed by atoms with Crippen molar-refractivity contribution in [2.24, 2.45) is 0 Å². The van der Waals surface area contributed by atoms with Gasteiger partial charge in [-0.2, -0.15) is 0 Å². The number of hydrogen-bond acceptors (Lipinski definition) is 0. The van der Waals surface area contributed by atoms with Crippen molar-refractivity contribution >= 4 is 0 Å². The first-order valence-corrected chi connectivity index (χ1v) is 5.48. The van der Waals surface area contributed by atoms with Gasteiger partial charge < -0.3 is 0 Å². The van der Waals surface area contributed by atoms with Crippen LogP contribution in [-0.2, 0) is 0 Å². The second kappa shape index (κ2) is 11.3. The van der Waals surface area contributed by atoms with Crippen molar-refractivity contribution in [3.63, 3.8) is 0 Å². The van der Waals surface area contributed by atoms with Crippen LogP contribution in [0.2, 0.25) is 0 Å². The number of rotatable bonds is 7. The molecule has 0 spiro atoms. The summed E-state index contributed by atoms with van der Waals surface area (Å²) in [6.07, 6.45) is 11.7. The molecule has 0 unspecified atom stereocenters. The van der Waals surface area contributed by atoms with Crippen molar-refractivity contribution in [2.75, 3.05) is 0 Å². The summed E-state index contributed by atoms with van der Waals surface area (Å²) < 4.78 is 0. The molecule has 0 fully saturated rings. The van der Waals surface area contributed by atoms with E-state index >= 15 is 0 Å². The Hall–Kier alpha value is -0.700. The summed E-state index contributed by atoms with van der Waals surface area (Å²) in [7, 11) is 0. The lowest BCUT2D eigenvalue weighted by Gasteiger charge is -1.91. The lowest BCUT2D eigenvalue weighted by atomic mass is 10.1. The zero-order valence-electron chi connectivity index (χ0n) is 8.94. The van der Waals surface area contributed by atoms with Gasteiger partial charge in [0.05, 0.1) is 0 Å². The minimum absolute atomic E-state index is 1.04. The smallest absolute Gasteiger partial charge is 0.00916 e. The SMILES string of the molecule is C=CCCCC#CCCCCCC. The lowest BCUT2D eigenvalue weighted by molar-refractivity contribution is 0.679. The predicted molar refractivity (Wildman–Crippen MR) is 60.6 cm³/mol. The van der Waals surface area contributed by atoms with E-state index in [4.69, 9.17) is 0 Å². The number of hydrogen-bond donors (Lipinski definition) is 0. The van der Waals surface area contributed by atoms with Gasteiger partial charge >= 0.3 is 0 Å². The van der Waals surface area contributed by atoms with Crippen LogP contribution in [0.5, 0.6) is 0 Å². The topological polar surface area (TPSA) is 0 Å². The zero-order chi connectivity index (χ0) is 9.78. The summed E-state index contributed by atoms with van der Waals surface area (Å²) in [5.74, 6) is 6.42. The van der Waals surface area contributed by atoms with E-state index < -0.39 is 0 Å². The molecule has 0 heteroatoms. The number of unbranched alkanes of at least 4 members (excludes halogenated alkanes) is 6. The highest BCUT2D eigenvalue weighted by atomic mass is 13.9. The van der Waals surface area contributed by atoms with Gasteiger partial charge in [0.25, 0.3) is 0 Å². The molecule has 0 rings (SSSR count). The Morgan fingerprint density at radius 3 is 2.31 bits per heavy atom. The van der Waals surface area contributed by atoms with Crippen LogP contribution >= 0.6 is 0 Å². The highest BCUT2D eigenvalue weighted by Gasteiger charge is 1.83. The molecule has 0 amide bonds. The third-order valence-corrected chi connectivity index (χ3v) is 1.99. The standard InChI is InChI=1S/C13H22/c1-3-5-7-9-11-13-12-10-8-6-4-2/h3H,1,4-10,12H2,2H3. The maximum absolute atomic E-state index is 3.68. The van der Waals surface area contributed by atoms with Crippen molar-refractivity contribution in [3.05, 3.63) is 12.7 Å². The van der Waals surface area contributed by atoms with Gasteiger partial charge in [-0.25, -0.2) is 0 Å². The van der Waals surface area contributed by atoms with Crippen molar-refractivity contribution in [3.8, 4) is 11.8 Å². The maximum atomic E-state index is 3.68. The van der Waals surface area contributed by atoms with E-state index in [2.05, 4.69) is 25.3 Å². The van der Waals surface area contributed by atoms with Crippen molar-refractivity contribution in [2.45, 2.75) is 58.3 Å². The van der Waals surface area contributed by atoms with Crippen LogP contribution in [0, 0.1) is 11.8 Å². The average Bonchev–Trinajstić information content (AvgIpc) is 2.16. The van der Waals surface area contributed by atoms with Gasteiger partial charge in [0, 0.05) is 12.8 Å². The van der Waals surface area contributed by atoms with Crippen LogP contribution < -0.4 is 0 Å². The zero-order valence-corrected chi connectivity index (χ0v) is 8.94. The Balaban J connectivity index is 3.06. The van der Waals surface area contributed by atoms with Crippen LogP contribution in [-0.4, -0.2) is 0 Å². The first kappa shape index (κ1) is 12.3. The quantitative estimate of drug-likeness (QED) is 0.309. The highest BCUT2D eigenvalue weighted by Crippen LogP contribution is 2.01. The summed E-state index contributed by atoms with van der Waals surface area (Å²) in [6.45, 7) is 5.92. The fraction of sp³-hybridized carbons (Fsp3) is 0.692. The van der Waals surface area contributed by atoms with Crippen molar-refractivity contribution < 1.29 is 0 Å². The molecule has 0 nitrogen and oxygen atoms in total. The summed E-state index contributed by atoms with van der Waals surface area (Å²) in [5, 5.41) is 0. The number of allylic oxidation sites excluding steroid dienone is 1. The molecular weight excluding hydrogens is 156 g/mol. The van der Waals surface area contributed by atoms with Crippen LogP contribution in [0.25, 0.3) is 0 Å². The Labute approximate surface area is 83.4 Å². The van der Waals surface area contributed by atoms with Gasteiger partial charge in [0.2, 0.25) is 0 Å². The second-order valence-corrected chi connectivity index (χ2v) is 3.35. The van der Waals surface area contributed by atoms with Gasteiger partial charge in [-0.1, -0.05) is 32.3 Å². The van der Waals surface area contributed by atoms with E-state index in [0.717, 1.165) is 19.3 Å². The lowest BCUT2D eigenvalue weighted by Crippen LogP contribution is -1.74. The van der Waals surface area contributed by atoms with Gasteiger partial charge in [0.1, 0.15) is 0 Å². The van der Waals surface area contributed by atoms with E-state index in [0.29, 0.717) is 0 Å². The molecule has 0 saturated carbocycles. The molecule has 0 radical (unpaired) electrons. The van der Waals surface area contributed by atoms with E-state index in [9.17, 15) is 0 Å². The fourth-order valence-corrected chi connectivity index (χ4v) is 1.15. The molecule has 0 saturated heterocycles. The van der Waals surface area contributed by atoms with E-state index in [1.54, 1.807) is 0 Å². The van der Waals surface area contributed by atoms with Crippen LogP contribution in [0.4, 0.5) is 0 Å². The van der Waals surface area contributed by atoms with E-state index in [1.807, 2.05) is 6.08 Å². The molecule has 0 heterocycles. The molecule has 0 aliphatic carbocycles. The molecule has 13 heavy (non-hydrogen) atoms. The summed E-state index contributed by atoms with van der Waals surface area (Å²) in [5.41, 5.74) is 0. The van der Waals surface area contributed by atoms with Crippen molar-refractivity contribution in [1.29, 1.82) is 0 Å². The molecule has 0 atom stereocenters. The average molecular weight is 178 g/mol. The Morgan fingerprint density at radius 2 is 1.69 bits per heavy atom. The second-order valence-electron chi connectivity index (χ2n) is 3.35. The van der Waals surface area contributed by atoms with E-state index in [-0.39, 0.29) is 0 Å². The summed E-state index contributed by atoms with van der Waals surface area (Å²) in [6, 6.07) is 0. The van der Waals surface area contributed by atoms with Crippen LogP contribution in [0.1, 0.15) is 58.3 Å². The first-order chi connectivity index (χ1) is 6.41. The molecule has 0 bridgehead atoms. The van der Waals surface area contributed by atoms with Crippen LogP contribution in [0.15, 0.2) is 12.7 Å². The van der Waals surface area contributed by atoms with Crippen LogP contribution in [0.3, 0.4) is 0 Å². The van der Waals surface area contributed by atoms with Gasteiger partial charge in [-0.15, -0.1) is 18.4 Å².